The first kappa shape index (κ1) is 37.7. The molecule has 1 aromatic heterocycles. The van der Waals surface area contributed by atoms with E-state index in [4.69, 9.17) is 0 Å². The van der Waals surface area contributed by atoms with E-state index in [1.165, 1.54) is 28.6 Å². The summed E-state index contributed by atoms with van der Waals surface area (Å²) < 4.78 is 14.7. The molecule has 0 saturated carbocycles. The van der Waals surface area contributed by atoms with Crippen molar-refractivity contribution in [1.82, 2.24) is 40.9 Å². The summed E-state index contributed by atoms with van der Waals surface area (Å²) in [5.41, 5.74) is 1.63. The maximum Gasteiger partial charge on any atom is 0.243 e. The third kappa shape index (κ3) is 11.2. The average molecular weight is 691 g/mol. The van der Waals surface area contributed by atoms with E-state index in [0.29, 0.717) is 37.3 Å². The summed E-state index contributed by atoms with van der Waals surface area (Å²) in [5.74, 6) is -1.68. The van der Waals surface area contributed by atoms with E-state index in [9.17, 15) is 28.4 Å². The van der Waals surface area contributed by atoms with Crippen LogP contribution in [0.1, 0.15) is 70.8 Å². The van der Waals surface area contributed by atoms with E-state index in [-0.39, 0.29) is 56.1 Å². The van der Waals surface area contributed by atoms with Crippen molar-refractivity contribution >= 4 is 29.5 Å². The fraction of sp³-hybridized carbons (Fsp3) is 0.472. The summed E-state index contributed by atoms with van der Waals surface area (Å²) in [6.45, 7) is 7.03. The van der Waals surface area contributed by atoms with Crippen LogP contribution in [0.25, 0.3) is 11.4 Å². The minimum Gasteiger partial charge on any atom is -0.354 e. The molecule has 2 aromatic carbocycles. The second-order valence-corrected chi connectivity index (χ2v) is 13.0. The van der Waals surface area contributed by atoms with E-state index in [2.05, 4.69) is 31.3 Å². The monoisotopic (exact) mass is 690 g/mol. The van der Waals surface area contributed by atoms with Crippen molar-refractivity contribution in [1.29, 1.82) is 0 Å². The lowest BCUT2D eigenvalue weighted by molar-refractivity contribution is -0.137. The van der Waals surface area contributed by atoms with Gasteiger partial charge in [-0.2, -0.15) is 5.10 Å². The molecule has 1 aliphatic rings. The number of benzene rings is 2. The number of fused-ring (bicyclic) bond motifs is 1. The number of hydrogen-bond donors (Lipinski definition) is 4. The van der Waals surface area contributed by atoms with Gasteiger partial charge >= 0.3 is 0 Å². The molecule has 0 fully saturated rings. The van der Waals surface area contributed by atoms with Crippen LogP contribution in [0.2, 0.25) is 0 Å². The molecule has 0 spiro atoms. The first-order valence-electron chi connectivity index (χ1n) is 17.1. The Hall–Kier alpha value is -5.14. The summed E-state index contributed by atoms with van der Waals surface area (Å²) in [6.07, 6.45) is 1.88. The van der Waals surface area contributed by atoms with Crippen LogP contribution in [0.3, 0.4) is 0 Å². The predicted octanol–water partition coefficient (Wildman–Crippen LogP) is 2.67. The molecule has 0 saturated heterocycles. The first-order valence-corrected chi connectivity index (χ1v) is 17.1. The molecule has 0 aliphatic carbocycles. The minimum atomic E-state index is -0.990. The number of halogens is 1. The van der Waals surface area contributed by atoms with Crippen LogP contribution in [0.5, 0.6) is 0 Å². The Balaban J connectivity index is 1.54. The molecule has 13 nitrogen and oxygen atoms in total. The topological polar surface area (TPSA) is 167 Å². The molecule has 0 radical (unpaired) electrons. The number of nitrogens with one attached hydrogen (secondary N) is 4. The van der Waals surface area contributed by atoms with Gasteiger partial charge in [0.1, 0.15) is 30.3 Å². The van der Waals surface area contributed by atoms with Gasteiger partial charge in [0.05, 0.1) is 12.6 Å². The summed E-state index contributed by atoms with van der Waals surface area (Å²) in [6, 6.07) is 12.8. The lowest BCUT2D eigenvalue weighted by Crippen LogP contribution is -2.54. The predicted molar refractivity (Wildman–Crippen MR) is 185 cm³/mol. The second-order valence-electron chi connectivity index (χ2n) is 13.0. The quantitative estimate of drug-likeness (QED) is 0.296. The van der Waals surface area contributed by atoms with Gasteiger partial charge in [0.25, 0.3) is 0 Å². The van der Waals surface area contributed by atoms with E-state index < -0.39 is 35.8 Å². The van der Waals surface area contributed by atoms with Gasteiger partial charge in [0.2, 0.25) is 29.5 Å². The number of hydrogen-bond acceptors (Lipinski definition) is 7. The van der Waals surface area contributed by atoms with Gasteiger partial charge in [-0.05, 0) is 63.1 Å². The van der Waals surface area contributed by atoms with Crippen LogP contribution < -0.4 is 21.3 Å². The van der Waals surface area contributed by atoms with Gasteiger partial charge in [-0.1, -0.05) is 56.3 Å². The highest BCUT2D eigenvalue weighted by molar-refractivity contribution is 5.93. The zero-order valence-corrected chi connectivity index (χ0v) is 29.1. The number of amides is 5. The van der Waals surface area contributed by atoms with Gasteiger partial charge < -0.3 is 26.2 Å². The SMILES string of the molecule is CC(C)C[C@H]1NC(=O)[C@@H](C)NC(=O)CN(C(=O)CCCc2ccc(F)cc2)CCCNC(=O)Cn2nc(-c3ccccc3)nc2[C@H](C)NC1=O. The fourth-order valence-electron chi connectivity index (χ4n) is 5.64. The van der Waals surface area contributed by atoms with Gasteiger partial charge in [-0.15, -0.1) is 0 Å². The molecular weight excluding hydrogens is 643 g/mol. The van der Waals surface area contributed by atoms with Crippen molar-refractivity contribution in [3.63, 3.8) is 0 Å². The highest BCUT2D eigenvalue weighted by atomic mass is 19.1. The Morgan fingerprint density at radius 3 is 2.32 bits per heavy atom. The highest BCUT2D eigenvalue weighted by Gasteiger charge is 2.29. The van der Waals surface area contributed by atoms with Crippen molar-refractivity contribution in [2.24, 2.45) is 5.92 Å². The lowest BCUT2D eigenvalue weighted by Gasteiger charge is -2.25. The standard InChI is InChI=1S/C36H47FN8O5/c1-23(2)20-29-36(50)40-24(3)34-42-33(27-11-6-5-7-12-27)43-45(34)22-30(46)38-18-9-19-44(21-31(47)39-25(4)35(49)41-29)32(48)13-8-10-26-14-16-28(37)17-15-26/h5-7,11-12,14-17,23-25,29H,8-10,13,18-22H2,1-4H3,(H,38,46)(H,39,47)(H,40,50)(H,41,49)/t24-,25+,29+/m0/s1. The molecule has 0 bridgehead atoms. The zero-order valence-electron chi connectivity index (χ0n) is 29.1. The largest absolute Gasteiger partial charge is 0.354 e. The van der Waals surface area contributed by atoms with Crippen LogP contribution in [-0.4, -0.2) is 80.9 Å². The number of nitrogens with zero attached hydrogens (tertiary/aromatic N) is 4. The molecule has 5 amide bonds. The maximum atomic E-state index is 13.6. The number of aryl methyl sites for hydroxylation is 1. The minimum absolute atomic E-state index is 0.0486. The molecule has 3 atom stereocenters. The van der Waals surface area contributed by atoms with Gasteiger partial charge in [-0.25, -0.2) is 14.1 Å². The average Bonchev–Trinajstić information content (AvgIpc) is 3.50. The Morgan fingerprint density at radius 1 is 0.900 bits per heavy atom. The summed E-state index contributed by atoms with van der Waals surface area (Å²) in [7, 11) is 0. The molecule has 50 heavy (non-hydrogen) atoms. The van der Waals surface area contributed by atoms with Crippen molar-refractivity contribution in [2.45, 2.75) is 84.5 Å². The van der Waals surface area contributed by atoms with E-state index in [1.54, 1.807) is 19.1 Å². The summed E-state index contributed by atoms with van der Waals surface area (Å²) in [4.78, 5) is 72.4. The van der Waals surface area contributed by atoms with Gasteiger partial charge in [0, 0.05) is 25.1 Å². The van der Waals surface area contributed by atoms with Crippen molar-refractivity contribution in [3.05, 3.63) is 71.8 Å². The third-order valence-corrected chi connectivity index (χ3v) is 8.27. The summed E-state index contributed by atoms with van der Waals surface area (Å²) in [5, 5.41) is 15.8. The van der Waals surface area contributed by atoms with Crippen molar-refractivity contribution in [2.75, 3.05) is 19.6 Å². The van der Waals surface area contributed by atoms with E-state index >= 15 is 0 Å². The normalized spacial score (nSPS) is 20.0. The molecule has 2 heterocycles. The lowest BCUT2D eigenvalue weighted by atomic mass is 10.0. The smallest absolute Gasteiger partial charge is 0.243 e. The van der Waals surface area contributed by atoms with Crippen LogP contribution in [0.4, 0.5) is 4.39 Å². The molecule has 3 aromatic rings. The number of rotatable bonds is 7. The molecule has 268 valence electrons. The van der Waals surface area contributed by atoms with Gasteiger partial charge in [-0.3, -0.25) is 24.0 Å². The van der Waals surface area contributed by atoms with Crippen LogP contribution >= 0.6 is 0 Å². The molecule has 4 rings (SSSR count). The third-order valence-electron chi connectivity index (χ3n) is 8.27. The maximum absolute atomic E-state index is 13.6. The Labute approximate surface area is 291 Å². The van der Waals surface area contributed by atoms with Crippen LogP contribution in [-0.2, 0) is 36.9 Å². The zero-order chi connectivity index (χ0) is 36.2. The Bertz CT molecular complexity index is 1630. The highest BCUT2D eigenvalue weighted by Crippen LogP contribution is 2.19. The van der Waals surface area contributed by atoms with E-state index in [0.717, 1.165) is 11.1 Å². The van der Waals surface area contributed by atoms with Crippen molar-refractivity contribution in [3.8, 4) is 11.4 Å². The first-order chi connectivity index (χ1) is 23.9. The molecule has 14 heteroatoms. The Kier molecular flexibility index (Phi) is 13.6. The Morgan fingerprint density at radius 2 is 1.62 bits per heavy atom. The summed E-state index contributed by atoms with van der Waals surface area (Å²) >= 11 is 0. The second kappa shape index (κ2) is 18.0. The number of carbonyl (C=O) groups excluding carboxylic acids is 5. The molecule has 4 N–H and O–H groups in total. The molecule has 1 aliphatic heterocycles. The molecular formula is C36H47FN8O5. The van der Waals surface area contributed by atoms with Crippen LogP contribution in [0, 0.1) is 11.7 Å². The molecule has 0 unspecified atom stereocenters. The number of carbonyl (C=O) groups is 5. The van der Waals surface area contributed by atoms with E-state index in [1.807, 2.05) is 44.2 Å². The fourth-order valence-corrected chi connectivity index (χ4v) is 5.64. The number of aromatic nitrogens is 3. The van der Waals surface area contributed by atoms with Crippen molar-refractivity contribution < 1.29 is 28.4 Å². The van der Waals surface area contributed by atoms with Crippen LogP contribution in [0.15, 0.2) is 54.6 Å². The van der Waals surface area contributed by atoms with Gasteiger partial charge in [0.15, 0.2) is 5.82 Å².